The zero-order valence-electron chi connectivity index (χ0n) is 30.0. The zero-order valence-corrected chi connectivity index (χ0v) is 30.0. The quantitative estimate of drug-likeness (QED) is 0.0503. The molecular formula is C40H58O8. The van der Waals surface area contributed by atoms with E-state index in [4.69, 9.17) is 28.4 Å². The highest BCUT2D eigenvalue weighted by Crippen LogP contribution is 2.43. The van der Waals surface area contributed by atoms with E-state index in [2.05, 4.69) is 39.0 Å². The third-order valence-electron chi connectivity index (χ3n) is 8.50. The molecule has 8 heteroatoms. The van der Waals surface area contributed by atoms with E-state index in [1.54, 1.807) is 14.2 Å². The first-order chi connectivity index (χ1) is 23.4. The first-order valence-electron chi connectivity index (χ1n) is 18.0. The molecule has 0 N–H and O–H groups in total. The summed E-state index contributed by atoms with van der Waals surface area (Å²) in [6, 6.07) is 14.2. The summed E-state index contributed by atoms with van der Waals surface area (Å²) >= 11 is 0. The molecule has 8 nitrogen and oxygen atoms in total. The Hall–Kier alpha value is -3.36. The SMILES string of the molecule is CCCCCCCC(=O)OC(COC)COc1c2ccccc2c(OCC(COC)OC(=O)CCCCCCC)c2cc(CC)ccc12. The Morgan fingerprint density at radius 2 is 1.02 bits per heavy atom. The molecule has 0 bridgehead atoms. The highest BCUT2D eigenvalue weighted by molar-refractivity contribution is 6.11. The highest BCUT2D eigenvalue weighted by atomic mass is 16.6. The van der Waals surface area contributed by atoms with Gasteiger partial charge in [-0.25, -0.2) is 0 Å². The Bertz CT molecular complexity index is 1390. The second-order valence-electron chi connectivity index (χ2n) is 12.5. The van der Waals surface area contributed by atoms with E-state index in [1.807, 2.05) is 24.3 Å². The summed E-state index contributed by atoms with van der Waals surface area (Å²) in [4.78, 5) is 25.3. The number of aryl methyl sites for hydroxylation is 1. The van der Waals surface area contributed by atoms with Crippen molar-refractivity contribution in [3.63, 3.8) is 0 Å². The summed E-state index contributed by atoms with van der Waals surface area (Å²) < 4.78 is 35.4. The standard InChI is InChI=1S/C40H58O8/c1-6-9-11-13-15-21-37(41)47-31(26-43-4)28-45-39-33-19-17-18-20-34(33)40(36-25-30(8-3)23-24-35(36)39)46-29-32(27-44-5)48-38(42)22-16-14-12-10-7-2/h17-20,23-25,31-32H,6-16,21-22,26-29H2,1-5H3. The number of hydrogen-bond donors (Lipinski definition) is 0. The van der Waals surface area contributed by atoms with Gasteiger partial charge in [-0.15, -0.1) is 0 Å². The van der Waals surface area contributed by atoms with Crippen LogP contribution in [-0.4, -0.2) is 64.8 Å². The molecule has 0 radical (unpaired) electrons. The molecule has 3 rings (SSSR count). The average Bonchev–Trinajstić information content (AvgIpc) is 3.09. The lowest BCUT2D eigenvalue weighted by atomic mass is 9.98. The minimum atomic E-state index is -0.548. The van der Waals surface area contributed by atoms with E-state index in [1.165, 1.54) is 12.8 Å². The molecular weight excluding hydrogens is 608 g/mol. The maximum absolute atomic E-state index is 12.7. The molecule has 0 spiro atoms. The van der Waals surface area contributed by atoms with Crippen molar-refractivity contribution in [3.8, 4) is 11.5 Å². The number of rotatable bonds is 25. The second-order valence-corrected chi connectivity index (χ2v) is 12.5. The Morgan fingerprint density at radius 1 is 0.562 bits per heavy atom. The first kappa shape index (κ1) is 39.1. The number of unbranched alkanes of at least 4 members (excludes halogenated alkanes) is 8. The van der Waals surface area contributed by atoms with E-state index in [0.29, 0.717) is 24.3 Å². The van der Waals surface area contributed by atoms with Crippen molar-refractivity contribution in [1.82, 2.24) is 0 Å². The van der Waals surface area contributed by atoms with Gasteiger partial charge in [0.15, 0.2) is 12.2 Å². The number of hydrogen-bond acceptors (Lipinski definition) is 8. The summed E-state index contributed by atoms with van der Waals surface area (Å²) in [5.74, 6) is 0.927. The maximum atomic E-state index is 12.7. The van der Waals surface area contributed by atoms with Crippen molar-refractivity contribution in [2.45, 2.75) is 116 Å². The van der Waals surface area contributed by atoms with Crippen LogP contribution in [0.3, 0.4) is 0 Å². The van der Waals surface area contributed by atoms with E-state index < -0.39 is 12.2 Å². The molecule has 0 aromatic heterocycles. The Balaban J connectivity index is 1.83. The predicted molar refractivity (Wildman–Crippen MR) is 192 cm³/mol. The van der Waals surface area contributed by atoms with Crippen molar-refractivity contribution in [2.24, 2.45) is 0 Å². The normalized spacial score (nSPS) is 12.6. The summed E-state index contributed by atoms with van der Waals surface area (Å²) in [5.41, 5.74) is 1.15. The lowest BCUT2D eigenvalue weighted by Crippen LogP contribution is -2.30. The molecule has 0 heterocycles. The topological polar surface area (TPSA) is 89.5 Å². The number of benzene rings is 3. The molecule has 48 heavy (non-hydrogen) atoms. The Morgan fingerprint density at radius 3 is 1.48 bits per heavy atom. The average molecular weight is 667 g/mol. The van der Waals surface area contributed by atoms with Crippen LogP contribution in [-0.2, 0) is 35.0 Å². The fourth-order valence-corrected chi connectivity index (χ4v) is 5.87. The van der Waals surface area contributed by atoms with Crippen molar-refractivity contribution < 1.29 is 38.0 Å². The number of carbonyl (C=O) groups is 2. The Labute approximate surface area is 287 Å². The van der Waals surface area contributed by atoms with Gasteiger partial charge >= 0.3 is 11.9 Å². The van der Waals surface area contributed by atoms with Gasteiger partial charge < -0.3 is 28.4 Å². The van der Waals surface area contributed by atoms with E-state index >= 15 is 0 Å². The largest absolute Gasteiger partial charge is 0.488 e. The van der Waals surface area contributed by atoms with E-state index in [0.717, 1.165) is 84.9 Å². The smallest absolute Gasteiger partial charge is 0.306 e. The van der Waals surface area contributed by atoms with Gasteiger partial charge in [-0.05, 0) is 30.9 Å². The number of carbonyl (C=O) groups excluding carboxylic acids is 2. The molecule has 3 aromatic carbocycles. The van der Waals surface area contributed by atoms with Gasteiger partial charge in [0.1, 0.15) is 24.7 Å². The van der Waals surface area contributed by atoms with Gasteiger partial charge in [-0.1, -0.05) is 109 Å². The molecule has 0 aliphatic carbocycles. The van der Waals surface area contributed by atoms with Crippen LogP contribution in [0.15, 0.2) is 42.5 Å². The van der Waals surface area contributed by atoms with Crippen LogP contribution in [0.4, 0.5) is 0 Å². The van der Waals surface area contributed by atoms with Gasteiger partial charge in [-0.3, -0.25) is 9.59 Å². The van der Waals surface area contributed by atoms with Crippen LogP contribution in [0.2, 0.25) is 0 Å². The summed E-state index contributed by atoms with van der Waals surface area (Å²) in [6.07, 6.45) is 11.2. The van der Waals surface area contributed by atoms with Gasteiger partial charge in [0.25, 0.3) is 0 Å². The number of methoxy groups -OCH3 is 2. The van der Waals surface area contributed by atoms with Gasteiger partial charge in [0.2, 0.25) is 0 Å². The summed E-state index contributed by atoms with van der Waals surface area (Å²) in [7, 11) is 3.19. The lowest BCUT2D eigenvalue weighted by molar-refractivity contribution is -0.154. The molecule has 0 saturated heterocycles. The molecule has 0 saturated carbocycles. The van der Waals surface area contributed by atoms with Crippen LogP contribution in [0.5, 0.6) is 11.5 Å². The summed E-state index contributed by atoms with van der Waals surface area (Å²) in [5, 5.41) is 3.52. The van der Waals surface area contributed by atoms with Gasteiger partial charge in [0.05, 0.1) is 13.2 Å². The number of esters is 2. The third kappa shape index (κ3) is 12.6. The van der Waals surface area contributed by atoms with Crippen LogP contribution in [0.25, 0.3) is 21.5 Å². The molecule has 0 fully saturated rings. The zero-order chi connectivity index (χ0) is 34.6. The van der Waals surface area contributed by atoms with Gasteiger partial charge in [-0.2, -0.15) is 0 Å². The summed E-state index contributed by atoms with van der Waals surface area (Å²) in [6.45, 7) is 7.23. The van der Waals surface area contributed by atoms with Crippen LogP contribution >= 0.6 is 0 Å². The fraction of sp³-hybridized carbons (Fsp3) is 0.600. The molecule has 2 atom stereocenters. The van der Waals surface area contributed by atoms with Crippen molar-refractivity contribution in [2.75, 3.05) is 40.6 Å². The fourth-order valence-electron chi connectivity index (χ4n) is 5.87. The van der Waals surface area contributed by atoms with Crippen LogP contribution < -0.4 is 9.47 Å². The third-order valence-corrected chi connectivity index (χ3v) is 8.50. The molecule has 0 amide bonds. The minimum Gasteiger partial charge on any atom is -0.488 e. The number of fused-ring (bicyclic) bond motifs is 2. The van der Waals surface area contributed by atoms with Crippen LogP contribution in [0.1, 0.15) is 103 Å². The second kappa shape index (κ2) is 22.3. The maximum Gasteiger partial charge on any atom is 0.306 e. The molecule has 2 unspecified atom stereocenters. The minimum absolute atomic E-state index is 0.147. The monoisotopic (exact) mass is 666 g/mol. The number of ether oxygens (including phenoxy) is 6. The highest BCUT2D eigenvalue weighted by Gasteiger charge is 2.22. The first-order valence-corrected chi connectivity index (χ1v) is 18.0. The van der Waals surface area contributed by atoms with E-state index in [9.17, 15) is 9.59 Å². The molecule has 266 valence electrons. The van der Waals surface area contributed by atoms with Crippen molar-refractivity contribution >= 4 is 33.5 Å². The van der Waals surface area contributed by atoms with Crippen molar-refractivity contribution in [1.29, 1.82) is 0 Å². The van der Waals surface area contributed by atoms with Crippen molar-refractivity contribution in [3.05, 3.63) is 48.0 Å². The molecule has 3 aromatic rings. The Kier molecular flexibility index (Phi) is 18.2. The molecule has 0 aliphatic rings. The lowest BCUT2D eigenvalue weighted by Gasteiger charge is -2.23. The van der Waals surface area contributed by atoms with E-state index in [-0.39, 0.29) is 38.4 Å². The predicted octanol–water partition coefficient (Wildman–Crippen LogP) is 9.15. The van der Waals surface area contributed by atoms with Gasteiger partial charge in [0, 0.05) is 48.6 Å². The molecule has 0 aliphatic heterocycles. The van der Waals surface area contributed by atoms with Crippen LogP contribution in [0, 0.1) is 0 Å².